The van der Waals surface area contributed by atoms with Crippen LogP contribution in [0.15, 0.2) is 24.3 Å². The third-order valence-corrected chi connectivity index (χ3v) is 3.75. The van der Waals surface area contributed by atoms with Gasteiger partial charge in [-0.2, -0.15) is 0 Å². The minimum absolute atomic E-state index is 0.0643. The van der Waals surface area contributed by atoms with Gasteiger partial charge in [-0.3, -0.25) is 9.69 Å². The molecular weight excluding hydrogens is 268 g/mol. The van der Waals surface area contributed by atoms with Crippen molar-refractivity contribution in [2.75, 3.05) is 46.5 Å². The van der Waals surface area contributed by atoms with Gasteiger partial charge in [0.05, 0.1) is 31.9 Å². The summed E-state index contributed by atoms with van der Waals surface area (Å²) in [5.74, 6) is 0.693. The number of carbonyl (C=O) groups is 1. The van der Waals surface area contributed by atoms with Crippen LogP contribution in [0.1, 0.15) is 17.3 Å². The molecular formula is C16H24N2O3. The van der Waals surface area contributed by atoms with Crippen molar-refractivity contribution in [1.29, 1.82) is 0 Å². The van der Waals surface area contributed by atoms with Gasteiger partial charge >= 0.3 is 0 Å². The molecule has 0 bridgehead atoms. The van der Waals surface area contributed by atoms with Crippen LogP contribution >= 0.6 is 0 Å². The highest BCUT2D eigenvalue weighted by Crippen LogP contribution is 2.18. The van der Waals surface area contributed by atoms with E-state index in [2.05, 4.69) is 10.2 Å². The number of carbonyl (C=O) groups excluding carboxylic acids is 1. The predicted octanol–water partition coefficient (Wildman–Crippen LogP) is 1.19. The van der Waals surface area contributed by atoms with E-state index in [0.717, 1.165) is 39.4 Å². The molecule has 1 aliphatic rings. The first kappa shape index (κ1) is 15.9. The zero-order valence-electron chi connectivity index (χ0n) is 12.8. The lowest BCUT2D eigenvalue weighted by atomic mass is 10.0. The second kappa shape index (κ2) is 8.12. The molecule has 1 saturated heterocycles. The van der Waals surface area contributed by atoms with Crippen LogP contribution in [0.4, 0.5) is 0 Å². The van der Waals surface area contributed by atoms with E-state index in [4.69, 9.17) is 9.47 Å². The topological polar surface area (TPSA) is 50.8 Å². The Labute approximate surface area is 126 Å². The van der Waals surface area contributed by atoms with E-state index in [0.29, 0.717) is 11.3 Å². The average Bonchev–Trinajstić information content (AvgIpc) is 2.55. The summed E-state index contributed by atoms with van der Waals surface area (Å²) in [7, 11) is 1.59. The zero-order chi connectivity index (χ0) is 15.1. The number of hydrogen-bond acceptors (Lipinski definition) is 5. The largest absolute Gasteiger partial charge is 0.496 e. The molecule has 21 heavy (non-hydrogen) atoms. The number of Topliss-reactive ketones (excluding diaryl/α,β-unsaturated/α-hetero) is 1. The lowest BCUT2D eigenvalue weighted by molar-refractivity contribution is 0.0381. The van der Waals surface area contributed by atoms with Gasteiger partial charge in [0.25, 0.3) is 0 Å². The number of ether oxygens (including phenoxy) is 2. The fourth-order valence-electron chi connectivity index (χ4n) is 2.44. The van der Waals surface area contributed by atoms with Crippen molar-refractivity contribution in [3.05, 3.63) is 29.8 Å². The molecule has 5 heteroatoms. The quantitative estimate of drug-likeness (QED) is 0.765. The maximum Gasteiger partial charge on any atom is 0.183 e. The van der Waals surface area contributed by atoms with Crippen LogP contribution in [0.25, 0.3) is 0 Å². The molecule has 0 spiro atoms. The van der Waals surface area contributed by atoms with E-state index in [9.17, 15) is 4.79 Å². The molecule has 0 saturated carbocycles. The zero-order valence-corrected chi connectivity index (χ0v) is 12.8. The first-order chi connectivity index (χ1) is 10.2. The maximum atomic E-state index is 12.4. The van der Waals surface area contributed by atoms with Gasteiger partial charge in [0, 0.05) is 26.2 Å². The first-order valence-corrected chi connectivity index (χ1v) is 7.43. The van der Waals surface area contributed by atoms with Gasteiger partial charge in [-0.15, -0.1) is 0 Å². The molecule has 1 aromatic rings. The van der Waals surface area contributed by atoms with E-state index in [-0.39, 0.29) is 11.8 Å². The summed E-state index contributed by atoms with van der Waals surface area (Å²) in [6, 6.07) is 7.12. The molecule has 1 aliphatic heterocycles. The summed E-state index contributed by atoms with van der Waals surface area (Å²) in [6.45, 7) is 7.17. The van der Waals surface area contributed by atoms with Crippen LogP contribution in [0.5, 0.6) is 5.75 Å². The molecule has 1 heterocycles. The molecule has 0 amide bonds. The molecule has 0 aromatic heterocycles. The lowest BCUT2D eigenvalue weighted by Gasteiger charge is -2.27. The molecule has 1 aromatic carbocycles. The van der Waals surface area contributed by atoms with Crippen molar-refractivity contribution in [1.82, 2.24) is 10.2 Å². The summed E-state index contributed by atoms with van der Waals surface area (Å²) in [5, 5.41) is 3.29. The SMILES string of the molecule is COc1ccccc1C(=O)C(C)NCCN1CCOCC1. The Balaban J connectivity index is 1.81. The van der Waals surface area contributed by atoms with Gasteiger partial charge in [0.2, 0.25) is 0 Å². The molecule has 5 nitrogen and oxygen atoms in total. The van der Waals surface area contributed by atoms with Gasteiger partial charge in [-0.05, 0) is 19.1 Å². The number of hydrogen-bond donors (Lipinski definition) is 1. The van der Waals surface area contributed by atoms with Crippen LogP contribution in [0.3, 0.4) is 0 Å². The third-order valence-electron chi connectivity index (χ3n) is 3.75. The fourth-order valence-corrected chi connectivity index (χ4v) is 2.44. The Morgan fingerprint density at radius 2 is 2.10 bits per heavy atom. The van der Waals surface area contributed by atoms with E-state index in [1.807, 2.05) is 25.1 Å². The van der Waals surface area contributed by atoms with Crippen molar-refractivity contribution in [3.8, 4) is 5.75 Å². The van der Waals surface area contributed by atoms with E-state index < -0.39 is 0 Å². The number of rotatable bonds is 7. The number of para-hydroxylation sites is 1. The summed E-state index contributed by atoms with van der Waals surface area (Å²) in [5.41, 5.74) is 0.631. The fraction of sp³-hybridized carbons (Fsp3) is 0.562. The monoisotopic (exact) mass is 292 g/mol. The van der Waals surface area contributed by atoms with Gasteiger partial charge in [0.1, 0.15) is 5.75 Å². The number of nitrogens with zero attached hydrogens (tertiary/aromatic N) is 1. The van der Waals surface area contributed by atoms with Crippen molar-refractivity contribution < 1.29 is 14.3 Å². The predicted molar refractivity (Wildman–Crippen MR) is 82.0 cm³/mol. The third kappa shape index (κ3) is 4.52. The normalized spacial score (nSPS) is 17.4. The molecule has 116 valence electrons. The molecule has 1 N–H and O–H groups in total. The summed E-state index contributed by atoms with van der Waals surface area (Å²) in [4.78, 5) is 14.8. The summed E-state index contributed by atoms with van der Waals surface area (Å²) < 4.78 is 10.6. The van der Waals surface area contributed by atoms with Crippen molar-refractivity contribution in [3.63, 3.8) is 0 Å². The Hall–Kier alpha value is -1.43. The van der Waals surface area contributed by atoms with Crippen LogP contribution in [0.2, 0.25) is 0 Å². The first-order valence-electron chi connectivity index (χ1n) is 7.43. The summed E-state index contributed by atoms with van der Waals surface area (Å²) in [6.07, 6.45) is 0. The molecule has 1 atom stereocenters. The Morgan fingerprint density at radius 1 is 1.38 bits per heavy atom. The molecule has 0 radical (unpaired) electrons. The molecule has 1 fully saturated rings. The minimum atomic E-state index is -0.220. The Kier molecular flexibility index (Phi) is 6.17. The van der Waals surface area contributed by atoms with E-state index in [1.165, 1.54) is 0 Å². The van der Waals surface area contributed by atoms with E-state index >= 15 is 0 Å². The molecule has 1 unspecified atom stereocenters. The number of morpholine rings is 1. The number of ketones is 1. The standard InChI is InChI=1S/C16H24N2O3/c1-13(17-7-8-18-9-11-21-12-10-18)16(19)14-5-3-4-6-15(14)20-2/h3-6,13,17H,7-12H2,1-2H3. The lowest BCUT2D eigenvalue weighted by Crippen LogP contribution is -2.43. The van der Waals surface area contributed by atoms with Crippen molar-refractivity contribution >= 4 is 5.78 Å². The highest BCUT2D eigenvalue weighted by atomic mass is 16.5. The number of benzene rings is 1. The van der Waals surface area contributed by atoms with Crippen LogP contribution in [0, 0.1) is 0 Å². The molecule has 2 rings (SSSR count). The van der Waals surface area contributed by atoms with Crippen molar-refractivity contribution in [2.24, 2.45) is 0 Å². The Morgan fingerprint density at radius 3 is 2.81 bits per heavy atom. The average molecular weight is 292 g/mol. The van der Waals surface area contributed by atoms with Crippen LogP contribution in [-0.4, -0.2) is 63.2 Å². The van der Waals surface area contributed by atoms with Gasteiger partial charge < -0.3 is 14.8 Å². The van der Waals surface area contributed by atoms with Gasteiger partial charge in [-0.25, -0.2) is 0 Å². The maximum absolute atomic E-state index is 12.4. The second-order valence-electron chi connectivity index (χ2n) is 5.19. The molecule has 0 aliphatic carbocycles. The van der Waals surface area contributed by atoms with Crippen molar-refractivity contribution in [2.45, 2.75) is 13.0 Å². The highest BCUT2D eigenvalue weighted by Gasteiger charge is 2.18. The van der Waals surface area contributed by atoms with Crippen LogP contribution in [-0.2, 0) is 4.74 Å². The van der Waals surface area contributed by atoms with Crippen LogP contribution < -0.4 is 10.1 Å². The number of methoxy groups -OCH3 is 1. The summed E-state index contributed by atoms with van der Waals surface area (Å²) >= 11 is 0. The smallest absolute Gasteiger partial charge is 0.183 e. The number of nitrogens with one attached hydrogen (secondary N) is 1. The minimum Gasteiger partial charge on any atom is -0.496 e. The van der Waals surface area contributed by atoms with E-state index in [1.54, 1.807) is 13.2 Å². The second-order valence-corrected chi connectivity index (χ2v) is 5.19. The van der Waals surface area contributed by atoms with Gasteiger partial charge in [0.15, 0.2) is 5.78 Å². The highest BCUT2D eigenvalue weighted by molar-refractivity contribution is 6.02. The van der Waals surface area contributed by atoms with Gasteiger partial charge in [-0.1, -0.05) is 12.1 Å². The Bertz CT molecular complexity index is 459.